The number of carbonyl (C=O) groups excluding carboxylic acids is 3. The van der Waals surface area contributed by atoms with Crippen LogP contribution in [0.2, 0.25) is 0 Å². The molecule has 1 aromatic rings. The monoisotopic (exact) mass is 377 g/mol. The lowest BCUT2D eigenvalue weighted by molar-refractivity contribution is -0.151. The van der Waals surface area contributed by atoms with Gasteiger partial charge in [-0.05, 0) is 11.5 Å². The zero-order chi connectivity index (χ0) is 20.0. The Morgan fingerprint density at radius 1 is 1.19 bits per heavy atom. The minimum atomic E-state index is -0.921. The van der Waals surface area contributed by atoms with E-state index in [0.29, 0.717) is 0 Å². The van der Waals surface area contributed by atoms with Gasteiger partial charge in [0.05, 0.1) is 19.7 Å². The first kappa shape index (κ1) is 20.7. The van der Waals surface area contributed by atoms with Crippen LogP contribution in [0.3, 0.4) is 0 Å². The van der Waals surface area contributed by atoms with Crippen molar-refractivity contribution in [3.63, 3.8) is 0 Å². The third-order valence-electron chi connectivity index (χ3n) is 4.61. The van der Waals surface area contributed by atoms with Crippen molar-refractivity contribution in [1.29, 1.82) is 0 Å². The summed E-state index contributed by atoms with van der Waals surface area (Å²) in [4.78, 5) is 40.0. The van der Waals surface area contributed by atoms with Crippen LogP contribution in [0.25, 0.3) is 0 Å². The van der Waals surface area contributed by atoms with Gasteiger partial charge in [0.1, 0.15) is 6.61 Å². The number of nitrogens with two attached hydrogens (primary N) is 1. The molecule has 0 spiro atoms. The molecule has 0 bridgehead atoms. The molecular weight excluding hydrogens is 350 g/mol. The zero-order valence-electron chi connectivity index (χ0n) is 16.0. The standard InChI is InChI=1S/C19H27N3O5/c1-13(2)16(20)17(23)21-9-10-22(15(11-21)18(24)26-3)19(25)27-12-14-7-5-4-6-8-14/h4-8,13,15-16H,9-12,20H2,1-3H3. The van der Waals surface area contributed by atoms with Crippen molar-refractivity contribution < 1.29 is 23.9 Å². The van der Waals surface area contributed by atoms with Gasteiger partial charge in [-0.25, -0.2) is 9.59 Å². The predicted molar refractivity (Wildman–Crippen MR) is 98.5 cm³/mol. The molecule has 2 N–H and O–H groups in total. The Balaban J connectivity index is 2.04. The maximum Gasteiger partial charge on any atom is 0.410 e. The highest BCUT2D eigenvalue weighted by Gasteiger charge is 2.39. The number of hydrogen-bond donors (Lipinski definition) is 1. The predicted octanol–water partition coefficient (Wildman–Crippen LogP) is 0.992. The van der Waals surface area contributed by atoms with Crippen molar-refractivity contribution in [3.05, 3.63) is 35.9 Å². The first-order valence-corrected chi connectivity index (χ1v) is 8.94. The summed E-state index contributed by atoms with van der Waals surface area (Å²) in [7, 11) is 1.25. The van der Waals surface area contributed by atoms with Gasteiger partial charge < -0.3 is 20.1 Å². The molecule has 1 saturated heterocycles. The van der Waals surface area contributed by atoms with Crippen LogP contribution in [-0.4, -0.2) is 66.6 Å². The molecule has 2 atom stereocenters. The molecule has 1 heterocycles. The summed E-state index contributed by atoms with van der Waals surface area (Å²) in [6.45, 7) is 4.31. The van der Waals surface area contributed by atoms with Crippen LogP contribution < -0.4 is 5.73 Å². The number of rotatable bonds is 5. The fraction of sp³-hybridized carbons (Fsp3) is 0.526. The second-order valence-electron chi connectivity index (χ2n) is 6.83. The first-order chi connectivity index (χ1) is 12.8. The molecule has 2 unspecified atom stereocenters. The lowest BCUT2D eigenvalue weighted by Gasteiger charge is -2.40. The second-order valence-corrected chi connectivity index (χ2v) is 6.83. The van der Waals surface area contributed by atoms with Crippen LogP contribution in [0.15, 0.2) is 30.3 Å². The van der Waals surface area contributed by atoms with Crippen LogP contribution in [0.4, 0.5) is 4.79 Å². The topological polar surface area (TPSA) is 102 Å². The van der Waals surface area contributed by atoms with Gasteiger partial charge in [0.15, 0.2) is 6.04 Å². The number of nitrogens with zero attached hydrogens (tertiary/aromatic N) is 2. The van der Waals surface area contributed by atoms with Crippen molar-refractivity contribution in [3.8, 4) is 0 Å². The SMILES string of the molecule is COC(=O)C1CN(C(=O)C(N)C(C)C)CCN1C(=O)OCc1ccccc1. The van der Waals surface area contributed by atoms with Gasteiger partial charge in [-0.2, -0.15) is 0 Å². The molecule has 1 aliphatic rings. The quantitative estimate of drug-likeness (QED) is 0.768. The molecule has 1 aliphatic heterocycles. The number of piperazine rings is 1. The summed E-state index contributed by atoms with van der Waals surface area (Å²) in [5, 5.41) is 0. The Morgan fingerprint density at radius 3 is 2.44 bits per heavy atom. The van der Waals surface area contributed by atoms with Crippen LogP contribution in [0, 0.1) is 5.92 Å². The van der Waals surface area contributed by atoms with E-state index in [1.807, 2.05) is 44.2 Å². The fourth-order valence-corrected chi connectivity index (χ4v) is 2.84. The average Bonchev–Trinajstić information content (AvgIpc) is 2.70. The Morgan fingerprint density at radius 2 is 1.85 bits per heavy atom. The molecule has 8 nitrogen and oxygen atoms in total. The van der Waals surface area contributed by atoms with Crippen molar-refractivity contribution in [2.24, 2.45) is 11.7 Å². The number of benzene rings is 1. The van der Waals surface area contributed by atoms with Crippen molar-refractivity contribution >= 4 is 18.0 Å². The maximum absolute atomic E-state index is 12.5. The molecule has 27 heavy (non-hydrogen) atoms. The number of esters is 1. The Labute approximate surface area is 159 Å². The molecule has 2 amide bonds. The van der Waals surface area contributed by atoms with Crippen molar-refractivity contribution in [2.45, 2.75) is 32.5 Å². The lowest BCUT2D eigenvalue weighted by Crippen LogP contribution is -2.62. The summed E-state index contributed by atoms with van der Waals surface area (Å²) >= 11 is 0. The number of hydrogen-bond acceptors (Lipinski definition) is 6. The Hall–Kier alpha value is -2.61. The first-order valence-electron chi connectivity index (χ1n) is 8.94. The highest BCUT2D eigenvalue weighted by molar-refractivity contribution is 5.86. The molecule has 8 heteroatoms. The third-order valence-corrected chi connectivity index (χ3v) is 4.61. The molecule has 0 radical (unpaired) electrons. The van der Waals surface area contributed by atoms with E-state index in [9.17, 15) is 14.4 Å². The van der Waals surface area contributed by atoms with Crippen LogP contribution in [-0.2, 0) is 25.7 Å². The van der Waals surface area contributed by atoms with Crippen LogP contribution >= 0.6 is 0 Å². The van der Waals surface area contributed by atoms with E-state index in [-0.39, 0.29) is 38.1 Å². The van der Waals surface area contributed by atoms with Gasteiger partial charge >= 0.3 is 12.1 Å². The van der Waals surface area contributed by atoms with E-state index < -0.39 is 24.1 Å². The maximum atomic E-state index is 12.5. The van der Waals surface area contributed by atoms with Crippen LogP contribution in [0.5, 0.6) is 0 Å². The Bertz CT molecular complexity index is 665. The summed E-state index contributed by atoms with van der Waals surface area (Å²) in [5.74, 6) is -0.860. The number of carbonyl (C=O) groups is 3. The summed E-state index contributed by atoms with van der Waals surface area (Å²) in [6, 6.07) is 7.68. The zero-order valence-corrected chi connectivity index (χ0v) is 16.0. The van der Waals surface area contributed by atoms with E-state index in [2.05, 4.69) is 0 Å². The van der Waals surface area contributed by atoms with Gasteiger partial charge in [-0.3, -0.25) is 9.69 Å². The van der Waals surface area contributed by atoms with E-state index in [1.54, 1.807) is 0 Å². The molecule has 0 aromatic heterocycles. The number of amides is 2. The summed E-state index contributed by atoms with van der Waals surface area (Å²) in [6.07, 6.45) is -0.616. The highest BCUT2D eigenvalue weighted by Crippen LogP contribution is 2.16. The van der Waals surface area contributed by atoms with E-state index in [0.717, 1.165) is 5.56 Å². The average molecular weight is 377 g/mol. The van der Waals surface area contributed by atoms with Crippen molar-refractivity contribution in [1.82, 2.24) is 9.80 Å². The fourth-order valence-electron chi connectivity index (χ4n) is 2.84. The number of methoxy groups -OCH3 is 1. The van der Waals surface area contributed by atoms with Gasteiger partial charge in [0, 0.05) is 13.1 Å². The smallest absolute Gasteiger partial charge is 0.410 e. The van der Waals surface area contributed by atoms with Crippen molar-refractivity contribution in [2.75, 3.05) is 26.7 Å². The Kier molecular flexibility index (Phi) is 7.18. The van der Waals surface area contributed by atoms with Gasteiger partial charge in [-0.1, -0.05) is 44.2 Å². The minimum Gasteiger partial charge on any atom is -0.467 e. The molecule has 0 aliphatic carbocycles. The molecule has 1 fully saturated rings. The molecule has 0 saturated carbocycles. The third kappa shape index (κ3) is 5.19. The molecule has 2 rings (SSSR count). The second kappa shape index (κ2) is 9.36. The van der Waals surface area contributed by atoms with E-state index in [4.69, 9.17) is 15.2 Å². The van der Waals surface area contributed by atoms with Gasteiger partial charge in [0.2, 0.25) is 5.91 Å². The molecule has 1 aromatic carbocycles. The van der Waals surface area contributed by atoms with Crippen LogP contribution in [0.1, 0.15) is 19.4 Å². The lowest BCUT2D eigenvalue weighted by atomic mass is 10.0. The van der Waals surface area contributed by atoms with E-state index >= 15 is 0 Å². The molecular formula is C19H27N3O5. The molecule has 148 valence electrons. The van der Waals surface area contributed by atoms with Gasteiger partial charge in [0.25, 0.3) is 0 Å². The summed E-state index contributed by atoms with van der Waals surface area (Å²) < 4.78 is 10.1. The highest BCUT2D eigenvalue weighted by atomic mass is 16.6. The summed E-state index contributed by atoms with van der Waals surface area (Å²) in [5.41, 5.74) is 6.78. The minimum absolute atomic E-state index is 0.0251. The van der Waals surface area contributed by atoms with Gasteiger partial charge in [-0.15, -0.1) is 0 Å². The largest absolute Gasteiger partial charge is 0.467 e. The normalized spacial score (nSPS) is 18.2. The number of ether oxygens (including phenoxy) is 2. The van der Waals surface area contributed by atoms with E-state index in [1.165, 1.54) is 16.9 Å².